The van der Waals surface area contributed by atoms with E-state index in [-0.39, 0.29) is 18.1 Å². The molecule has 1 fully saturated rings. The van der Waals surface area contributed by atoms with Crippen LogP contribution in [0.5, 0.6) is 0 Å². The van der Waals surface area contributed by atoms with E-state index in [1.807, 2.05) is 0 Å². The molecule has 1 aromatic heterocycles. The maximum atomic E-state index is 12.0. The summed E-state index contributed by atoms with van der Waals surface area (Å²) in [5, 5.41) is 3.41. The Bertz CT molecular complexity index is 704. The van der Waals surface area contributed by atoms with Crippen molar-refractivity contribution in [1.82, 2.24) is 15.2 Å². The number of benzene rings is 1. The summed E-state index contributed by atoms with van der Waals surface area (Å²) in [6.45, 7) is 7.56. The second-order valence-electron chi connectivity index (χ2n) is 6.68. The Morgan fingerprint density at radius 1 is 1.24 bits per heavy atom. The standard InChI is InChI=1S/C19H24ClN3O2/c1-13-10-23(11-14(2)25-13)12-16-5-3-15(4-6-16)8-22-19(24)18-7-17(20)9-21-18/h3-7,9,13-14,21H,8,10-12H2,1-2H3,(H,22,24)/t13-,14+. The van der Waals surface area contributed by atoms with Gasteiger partial charge >= 0.3 is 0 Å². The van der Waals surface area contributed by atoms with Gasteiger partial charge in [0, 0.05) is 32.4 Å². The number of amides is 1. The predicted molar refractivity (Wildman–Crippen MR) is 98.7 cm³/mol. The van der Waals surface area contributed by atoms with E-state index < -0.39 is 0 Å². The molecule has 2 heterocycles. The number of nitrogens with zero attached hydrogens (tertiary/aromatic N) is 1. The first-order chi connectivity index (χ1) is 12.0. The summed E-state index contributed by atoms with van der Waals surface area (Å²) < 4.78 is 5.77. The molecule has 0 aliphatic carbocycles. The number of nitrogens with one attached hydrogen (secondary N) is 2. The number of hydrogen-bond acceptors (Lipinski definition) is 3. The van der Waals surface area contributed by atoms with Crippen LogP contribution in [0.15, 0.2) is 36.5 Å². The zero-order valence-corrected chi connectivity index (χ0v) is 15.3. The molecule has 2 aromatic rings. The minimum absolute atomic E-state index is 0.160. The Morgan fingerprint density at radius 2 is 1.88 bits per heavy atom. The van der Waals surface area contributed by atoms with Crippen molar-refractivity contribution >= 4 is 17.5 Å². The average molecular weight is 362 g/mol. The first-order valence-electron chi connectivity index (χ1n) is 8.57. The molecule has 2 N–H and O–H groups in total. The van der Waals surface area contributed by atoms with Crippen LogP contribution in [0.3, 0.4) is 0 Å². The van der Waals surface area contributed by atoms with Gasteiger partial charge in [0.2, 0.25) is 0 Å². The first-order valence-corrected chi connectivity index (χ1v) is 8.95. The lowest BCUT2D eigenvalue weighted by molar-refractivity contribution is -0.0704. The summed E-state index contributed by atoms with van der Waals surface area (Å²) in [5.41, 5.74) is 2.81. The fraction of sp³-hybridized carbons (Fsp3) is 0.421. The maximum absolute atomic E-state index is 12.0. The highest BCUT2D eigenvalue weighted by Gasteiger charge is 2.21. The van der Waals surface area contributed by atoms with Crippen LogP contribution in [0.1, 0.15) is 35.5 Å². The van der Waals surface area contributed by atoms with E-state index >= 15 is 0 Å². The van der Waals surface area contributed by atoms with Crippen molar-refractivity contribution in [3.63, 3.8) is 0 Å². The third kappa shape index (κ3) is 5.08. The Morgan fingerprint density at radius 3 is 2.48 bits per heavy atom. The lowest BCUT2D eigenvalue weighted by Crippen LogP contribution is -2.44. The molecule has 134 valence electrons. The second kappa shape index (κ2) is 8.04. The zero-order chi connectivity index (χ0) is 17.8. The van der Waals surface area contributed by atoms with Crippen LogP contribution in [0.25, 0.3) is 0 Å². The minimum Gasteiger partial charge on any atom is -0.373 e. The zero-order valence-electron chi connectivity index (χ0n) is 14.6. The van der Waals surface area contributed by atoms with E-state index in [0.29, 0.717) is 17.3 Å². The van der Waals surface area contributed by atoms with Crippen molar-refractivity contribution in [2.45, 2.75) is 39.1 Å². The van der Waals surface area contributed by atoms with E-state index in [9.17, 15) is 4.79 Å². The van der Waals surface area contributed by atoms with Gasteiger partial charge in [0.25, 0.3) is 5.91 Å². The summed E-state index contributed by atoms with van der Waals surface area (Å²) >= 11 is 5.81. The molecule has 1 aromatic carbocycles. The Balaban J connectivity index is 1.51. The highest BCUT2D eigenvalue weighted by Crippen LogP contribution is 2.15. The number of halogens is 1. The van der Waals surface area contributed by atoms with Crippen molar-refractivity contribution in [3.8, 4) is 0 Å². The molecule has 2 atom stereocenters. The van der Waals surface area contributed by atoms with Gasteiger partial charge in [-0.05, 0) is 31.0 Å². The topological polar surface area (TPSA) is 57.4 Å². The molecular weight excluding hydrogens is 338 g/mol. The Kier molecular flexibility index (Phi) is 5.78. The number of hydrogen-bond donors (Lipinski definition) is 2. The SMILES string of the molecule is C[C@@H]1CN(Cc2ccc(CNC(=O)c3cc(Cl)c[nH]3)cc2)C[C@H](C)O1. The number of aromatic nitrogens is 1. The molecule has 0 spiro atoms. The molecule has 25 heavy (non-hydrogen) atoms. The number of morpholine rings is 1. The van der Waals surface area contributed by atoms with Gasteiger partial charge in [-0.1, -0.05) is 35.9 Å². The molecule has 0 radical (unpaired) electrons. The quantitative estimate of drug-likeness (QED) is 0.859. The predicted octanol–water partition coefficient (Wildman–Crippen LogP) is 3.21. The van der Waals surface area contributed by atoms with Crippen molar-refractivity contribution in [3.05, 3.63) is 58.4 Å². The van der Waals surface area contributed by atoms with Gasteiger partial charge in [0.05, 0.1) is 17.2 Å². The molecule has 1 saturated heterocycles. The number of carbonyl (C=O) groups is 1. The monoisotopic (exact) mass is 361 g/mol. The van der Waals surface area contributed by atoms with Crippen molar-refractivity contribution < 1.29 is 9.53 Å². The van der Waals surface area contributed by atoms with Gasteiger partial charge in [-0.2, -0.15) is 0 Å². The van der Waals surface area contributed by atoms with E-state index in [1.54, 1.807) is 12.3 Å². The number of carbonyl (C=O) groups excluding carboxylic acids is 1. The third-order valence-electron chi connectivity index (χ3n) is 4.27. The summed E-state index contributed by atoms with van der Waals surface area (Å²) in [4.78, 5) is 17.3. The summed E-state index contributed by atoms with van der Waals surface area (Å²) in [6, 6.07) is 9.98. The highest BCUT2D eigenvalue weighted by atomic mass is 35.5. The molecule has 0 unspecified atom stereocenters. The number of aromatic amines is 1. The number of H-pyrrole nitrogens is 1. The van der Waals surface area contributed by atoms with Crippen molar-refractivity contribution in [2.24, 2.45) is 0 Å². The van der Waals surface area contributed by atoms with Crippen molar-refractivity contribution in [1.29, 1.82) is 0 Å². The summed E-state index contributed by atoms with van der Waals surface area (Å²) in [5.74, 6) is -0.160. The second-order valence-corrected chi connectivity index (χ2v) is 7.12. The van der Waals surface area contributed by atoms with E-state index in [4.69, 9.17) is 16.3 Å². The smallest absolute Gasteiger partial charge is 0.268 e. The van der Waals surface area contributed by atoms with E-state index in [0.717, 1.165) is 25.2 Å². The molecule has 3 rings (SSSR count). The lowest BCUT2D eigenvalue weighted by Gasteiger charge is -2.35. The van der Waals surface area contributed by atoms with Crippen LogP contribution in [-0.4, -0.2) is 41.1 Å². The average Bonchev–Trinajstić information content (AvgIpc) is 2.99. The van der Waals surface area contributed by atoms with Gasteiger partial charge < -0.3 is 15.0 Å². The molecule has 0 saturated carbocycles. The van der Waals surface area contributed by atoms with Crippen LogP contribution in [0.4, 0.5) is 0 Å². The van der Waals surface area contributed by atoms with Crippen LogP contribution in [-0.2, 0) is 17.8 Å². The fourth-order valence-electron chi connectivity index (χ4n) is 3.21. The van der Waals surface area contributed by atoms with Crippen LogP contribution < -0.4 is 5.32 Å². The molecule has 1 aliphatic rings. The van der Waals surface area contributed by atoms with Gasteiger partial charge in [0.15, 0.2) is 0 Å². The van der Waals surface area contributed by atoms with E-state index in [1.165, 1.54) is 5.56 Å². The highest BCUT2D eigenvalue weighted by molar-refractivity contribution is 6.30. The summed E-state index contributed by atoms with van der Waals surface area (Å²) in [6.07, 6.45) is 2.15. The van der Waals surface area contributed by atoms with Crippen LogP contribution in [0.2, 0.25) is 5.02 Å². The first kappa shape index (κ1) is 18.0. The van der Waals surface area contributed by atoms with Crippen LogP contribution in [0, 0.1) is 0 Å². The normalized spacial score (nSPS) is 21.2. The van der Waals surface area contributed by atoms with Gasteiger partial charge in [-0.3, -0.25) is 9.69 Å². The van der Waals surface area contributed by atoms with Gasteiger partial charge in [0.1, 0.15) is 5.69 Å². The molecule has 1 amide bonds. The molecule has 5 nitrogen and oxygen atoms in total. The van der Waals surface area contributed by atoms with E-state index in [2.05, 4.69) is 53.3 Å². The Hall–Kier alpha value is -1.82. The Labute approximate surface area is 153 Å². The van der Waals surface area contributed by atoms with Gasteiger partial charge in [-0.15, -0.1) is 0 Å². The molecule has 0 bridgehead atoms. The van der Waals surface area contributed by atoms with Crippen LogP contribution >= 0.6 is 11.6 Å². The maximum Gasteiger partial charge on any atom is 0.268 e. The van der Waals surface area contributed by atoms with Gasteiger partial charge in [-0.25, -0.2) is 0 Å². The minimum atomic E-state index is -0.160. The third-order valence-corrected chi connectivity index (χ3v) is 4.49. The largest absolute Gasteiger partial charge is 0.373 e. The summed E-state index contributed by atoms with van der Waals surface area (Å²) in [7, 11) is 0. The fourth-order valence-corrected chi connectivity index (χ4v) is 3.37. The number of rotatable bonds is 5. The van der Waals surface area contributed by atoms with Crippen molar-refractivity contribution in [2.75, 3.05) is 13.1 Å². The molecule has 6 heteroatoms. The molecule has 1 aliphatic heterocycles. The molecular formula is C19H24ClN3O2. The number of ether oxygens (including phenoxy) is 1. The lowest BCUT2D eigenvalue weighted by atomic mass is 10.1.